The topological polar surface area (TPSA) is 34.1 Å². The molecule has 3 rings (SSSR count). The fourth-order valence-corrected chi connectivity index (χ4v) is 3.13. The molecular formula is C14H10BrFN2OS. The molecule has 1 aromatic heterocycles. The molecule has 3 aromatic rings. The first-order valence-electron chi connectivity index (χ1n) is 5.82. The maximum absolute atomic E-state index is 13.2. The van der Waals surface area contributed by atoms with Crippen molar-refractivity contribution in [3.05, 3.63) is 46.7 Å². The number of anilines is 2. The zero-order chi connectivity index (χ0) is 14.1. The fourth-order valence-electron chi connectivity index (χ4n) is 1.81. The number of halogens is 2. The summed E-state index contributed by atoms with van der Waals surface area (Å²) < 4.78 is 20.1. The Labute approximate surface area is 127 Å². The van der Waals surface area contributed by atoms with Crippen LogP contribution >= 0.6 is 27.3 Å². The molecule has 6 heteroatoms. The van der Waals surface area contributed by atoms with Crippen molar-refractivity contribution >= 4 is 48.3 Å². The third-order valence-corrected chi connectivity index (χ3v) is 4.34. The SMILES string of the molecule is COc1cc(Nc2nc3ccc(F)cc3s2)ccc1Br. The third-order valence-electron chi connectivity index (χ3n) is 2.75. The number of benzene rings is 2. The Balaban J connectivity index is 1.92. The van der Waals surface area contributed by atoms with Crippen molar-refractivity contribution in [3.63, 3.8) is 0 Å². The minimum Gasteiger partial charge on any atom is -0.495 e. The van der Waals surface area contributed by atoms with E-state index in [1.54, 1.807) is 13.2 Å². The fraction of sp³-hybridized carbons (Fsp3) is 0.0714. The molecule has 2 aromatic carbocycles. The second-order valence-electron chi connectivity index (χ2n) is 4.11. The van der Waals surface area contributed by atoms with Crippen LogP contribution in [0.2, 0.25) is 0 Å². The number of fused-ring (bicyclic) bond motifs is 1. The highest BCUT2D eigenvalue weighted by Gasteiger charge is 2.07. The number of methoxy groups -OCH3 is 1. The van der Waals surface area contributed by atoms with Crippen LogP contribution in [0.15, 0.2) is 40.9 Å². The highest BCUT2D eigenvalue weighted by Crippen LogP contribution is 2.32. The van der Waals surface area contributed by atoms with E-state index in [0.29, 0.717) is 0 Å². The summed E-state index contributed by atoms with van der Waals surface area (Å²) >= 11 is 4.81. The van der Waals surface area contributed by atoms with Gasteiger partial charge in [-0.2, -0.15) is 0 Å². The minimum absolute atomic E-state index is 0.252. The second-order valence-corrected chi connectivity index (χ2v) is 5.99. The van der Waals surface area contributed by atoms with Gasteiger partial charge in [0.25, 0.3) is 0 Å². The van der Waals surface area contributed by atoms with E-state index in [1.807, 2.05) is 18.2 Å². The lowest BCUT2D eigenvalue weighted by Gasteiger charge is -2.07. The van der Waals surface area contributed by atoms with Gasteiger partial charge in [-0.25, -0.2) is 9.37 Å². The van der Waals surface area contributed by atoms with Crippen LogP contribution in [0.1, 0.15) is 0 Å². The van der Waals surface area contributed by atoms with E-state index >= 15 is 0 Å². The van der Waals surface area contributed by atoms with Gasteiger partial charge in [-0.3, -0.25) is 0 Å². The van der Waals surface area contributed by atoms with E-state index in [4.69, 9.17) is 4.74 Å². The maximum atomic E-state index is 13.2. The van der Waals surface area contributed by atoms with E-state index < -0.39 is 0 Å². The lowest BCUT2D eigenvalue weighted by molar-refractivity contribution is 0.412. The van der Waals surface area contributed by atoms with Gasteiger partial charge >= 0.3 is 0 Å². The first kappa shape index (κ1) is 13.3. The molecule has 0 saturated heterocycles. The van der Waals surface area contributed by atoms with Gasteiger partial charge in [-0.15, -0.1) is 0 Å². The molecule has 0 fully saturated rings. The zero-order valence-electron chi connectivity index (χ0n) is 10.5. The van der Waals surface area contributed by atoms with Crippen LogP contribution in [0.4, 0.5) is 15.2 Å². The maximum Gasteiger partial charge on any atom is 0.188 e. The Hall–Kier alpha value is -1.66. The van der Waals surface area contributed by atoms with Crippen LogP contribution < -0.4 is 10.1 Å². The first-order chi connectivity index (χ1) is 9.65. The van der Waals surface area contributed by atoms with Crippen molar-refractivity contribution in [1.29, 1.82) is 0 Å². The van der Waals surface area contributed by atoms with E-state index in [9.17, 15) is 4.39 Å². The van der Waals surface area contributed by atoms with Crippen LogP contribution in [0, 0.1) is 5.82 Å². The average molecular weight is 353 g/mol. The quantitative estimate of drug-likeness (QED) is 0.723. The molecular weight excluding hydrogens is 343 g/mol. The summed E-state index contributed by atoms with van der Waals surface area (Å²) in [4.78, 5) is 4.42. The van der Waals surface area contributed by atoms with Crippen molar-refractivity contribution in [2.24, 2.45) is 0 Å². The number of thiazole rings is 1. The minimum atomic E-state index is -0.252. The summed E-state index contributed by atoms with van der Waals surface area (Å²) in [5.41, 5.74) is 1.65. The molecule has 0 bridgehead atoms. The normalized spacial score (nSPS) is 10.8. The largest absolute Gasteiger partial charge is 0.495 e. The number of ether oxygens (including phenoxy) is 1. The number of hydrogen-bond donors (Lipinski definition) is 1. The van der Waals surface area contributed by atoms with Crippen molar-refractivity contribution in [2.45, 2.75) is 0 Å². The molecule has 102 valence electrons. The molecule has 1 heterocycles. The van der Waals surface area contributed by atoms with Gasteiger partial charge < -0.3 is 10.1 Å². The molecule has 0 radical (unpaired) electrons. The van der Waals surface area contributed by atoms with Gasteiger partial charge in [-0.1, -0.05) is 11.3 Å². The predicted molar refractivity (Wildman–Crippen MR) is 83.6 cm³/mol. The van der Waals surface area contributed by atoms with Gasteiger partial charge in [-0.05, 0) is 46.3 Å². The number of rotatable bonds is 3. The highest BCUT2D eigenvalue weighted by atomic mass is 79.9. The summed E-state index contributed by atoms with van der Waals surface area (Å²) in [6.45, 7) is 0. The number of aromatic nitrogens is 1. The summed E-state index contributed by atoms with van der Waals surface area (Å²) in [6.07, 6.45) is 0. The monoisotopic (exact) mass is 352 g/mol. The van der Waals surface area contributed by atoms with Gasteiger partial charge in [0.15, 0.2) is 5.13 Å². The molecule has 0 spiro atoms. The van der Waals surface area contributed by atoms with Crippen LogP contribution in [0.5, 0.6) is 5.75 Å². The van der Waals surface area contributed by atoms with Crippen LogP contribution in [0.25, 0.3) is 10.2 Å². The molecule has 0 aliphatic rings. The molecule has 0 aliphatic carbocycles. The van der Waals surface area contributed by atoms with Gasteiger partial charge in [0.1, 0.15) is 11.6 Å². The third kappa shape index (κ3) is 2.62. The Morgan fingerprint density at radius 1 is 1.25 bits per heavy atom. The molecule has 1 N–H and O–H groups in total. The van der Waals surface area contributed by atoms with Gasteiger partial charge in [0.2, 0.25) is 0 Å². The predicted octanol–water partition coefficient (Wildman–Crippen LogP) is 4.95. The summed E-state index contributed by atoms with van der Waals surface area (Å²) in [5.74, 6) is 0.486. The smallest absolute Gasteiger partial charge is 0.188 e. The highest BCUT2D eigenvalue weighted by molar-refractivity contribution is 9.10. The molecule has 0 saturated carbocycles. The van der Waals surface area contributed by atoms with Gasteiger partial charge in [0.05, 0.1) is 21.8 Å². The Bertz CT molecular complexity index is 775. The van der Waals surface area contributed by atoms with Gasteiger partial charge in [0, 0.05) is 11.8 Å². The van der Waals surface area contributed by atoms with E-state index in [0.717, 1.165) is 31.3 Å². The Morgan fingerprint density at radius 3 is 2.90 bits per heavy atom. The molecule has 3 nitrogen and oxygen atoms in total. The van der Waals surface area contributed by atoms with Crippen molar-refractivity contribution < 1.29 is 9.13 Å². The zero-order valence-corrected chi connectivity index (χ0v) is 12.9. The van der Waals surface area contributed by atoms with Crippen LogP contribution in [0.3, 0.4) is 0 Å². The van der Waals surface area contributed by atoms with E-state index in [2.05, 4.69) is 26.2 Å². The summed E-state index contributed by atoms with van der Waals surface area (Å²) in [5, 5.41) is 3.92. The van der Waals surface area contributed by atoms with E-state index in [1.165, 1.54) is 23.5 Å². The molecule has 0 aliphatic heterocycles. The molecule has 20 heavy (non-hydrogen) atoms. The summed E-state index contributed by atoms with van der Waals surface area (Å²) in [6, 6.07) is 10.3. The molecule has 0 unspecified atom stereocenters. The average Bonchev–Trinajstić information content (AvgIpc) is 2.82. The lowest BCUT2D eigenvalue weighted by atomic mass is 10.3. The molecule has 0 amide bonds. The standard InChI is InChI=1S/C14H10BrFN2OS/c1-19-12-7-9(3-4-10(12)15)17-14-18-11-5-2-8(16)6-13(11)20-14/h2-7H,1H3,(H,17,18). The summed E-state index contributed by atoms with van der Waals surface area (Å²) in [7, 11) is 1.62. The first-order valence-corrected chi connectivity index (χ1v) is 7.43. The Kier molecular flexibility index (Phi) is 3.58. The van der Waals surface area contributed by atoms with E-state index in [-0.39, 0.29) is 5.82 Å². The van der Waals surface area contributed by atoms with Crippen molar-refractivity contribution in [3.8, 4) is 5.75 Å². The van der Waals surface area contributed by atoms with Crippen molar-refractivity contribution in [2.75, 3.05) is 12.4 Å². The Morgan fingerprint density at radius 2 is 2.10 bits per heavy atom. The van der Waals surface area contributed by atoms with Crippen LogP contribution in [-0.2, 0) is 0 Å². The van der Waals surface area contributed by atoms with Crippen LogP contribution in [-0.4, -0.2) is 12.1 Å². The van der Waals surface area contributed by atoms with Crippen molar-refractivity contribution in [1.82, 2.24) is 4.98 Å². The lowest BCUT2D eigenvalue weighted by Crippen LogP contribution is -1.91. The second kappa shape index (κ2) is 5.38. The number of nitrogens with one attached hydrogen (secondary N) is 1. The molecule has 0 atom stereocenters. The number of nitrogens with zero attached hydrogens (tertiary/aromatic N) is 1. The number of hydrogen-bond acceptors (Lipinski definition) is 4.